The van der Waals surface area contributed by atoms with Gasteiger partial charge >= 0.3 is 0 Å². The van der Waals surface area contributed by atoms with E-state index in [1.165, 1.54) is 24.3 Å². The fourth-order valence-corrected chi connectivity index (χ4v) is 3.27. The van der Waals surface area contributed by atoms with Crippen LogP contribution in [0, 0.1) is 25.5 Å². The molecule has 6 heteroatoms. The Morgan fingerprint density at radius 1 is 0.871 bits per heavy atom. The van der Waals surface area contributed by atoms with Gasteiger partial charge in [-0.15, -0.1) is 0 Å². The summed E-state index contributed by atoms with van der Waals surface area (Å²) in [7, 11) is 0. The number of hydrogen-bond acceptors (Lipinski definition) is 2. The van der Waals surface area contributed by atoms with Crippen molar-refractivity contribution in [3.8, 4) is 0 Å². The minimum Gasteiger partial charge on any atom is -0.347 e. The van der Waals surface area contributed by atoms with Crippen LogP contribution in [-0.4, -0.2) is 18.4 Å². The van der Waals surface area contributed by atoms with Crippen molar-refractivity contribution in [2.75, 3.05) is 6.54 Å². The SMILES string of the molecule is Cc1ccc(C(=O)NCC(=O)NC(Cc2cccc(F)c2)c2cccc(F)c2)cc1C. The summed E-state index contributed by atoms with van der Waals surface area (Å²) in [6.45, 7) is 3.63. The van der Waals surface area contributed by atoms with E-state index in [9.17, 15) is 18.4 Å². The van der Waals surface area contributed by atoms with Crippen molar-refractivity contribution in [3.05, 3.63) is 106 Å². The van der Waals surface area contributed by atoms with Crippen LogP contribution in [0.2, 0.25) is 0 Å². The summed E-state index contributed by atoms with van der Waals surface area (Å²) < 4.78 is 27.3. The minimum absolute atomic E-state index is 0.235. The predicted octanol–water partition coefficient (Wildman–Crippen LogP) is 4.41. The summed E-state index contributed by atoms with van der Waals surface area (Å²) in [4.78, 5) is 24.9. The average Bonchev–Trinajstić information content (AvgIpc) is 2.73. The van der Waals surface area contributed by atoms with Crippen LogP contribution >= 0.6 is 0 Å². The molecule has 2 N–H and O–H groups in total. The van der Waals surface area contributed by atoms with Gasteiger partial charge in [-0.05, 0) is 78.9 Å². The molecule has 2 amide bonds. The molecule has 0 aliphatic carbocycles. The van der Waals surface area contributed by atoms with Crippen molar-refractivity contribution in [3.63, 3.8) is 0 Å². The number of hydrogen-bond donors (Lipinski definition) is 2. The number of rotatable bonds is 7. The van der Waals surface area contributed by atoms with Crippen molar-refractivity contribution < 1.29 is 18.4 Å². The molecule has 3 rings (SSSR count). The molecule has 31 heavy (non-hydrogen) atoms. The van der Waals surface area contributed by atoms with E-state index in [4.69, 9.17) is 0 Å². The molecule has 3 aromatic carbocycles. The van der Waals surface area contributed by atoms with Crippen molar-refractivity contribution in [1.29, 1.82) is 0 Å². The van der Waals surface area contributed by atoms with Crippen LogP contribution in [0.15, 0.2) is 66.7 Å². The van der Waals surface area contributed by atoms with E-state index in [1.54, 1.807) is 36.4 Å². The molecule has 0 aliphatic rings. The fourth-order valence-electron chi connectivity index (χ4n) is 3.27. The minimum atomic E-state index is -0.580. The zero-order valence-electron chi connectivity index (χ0n) is 17.4. The number of benzene rings is 3. The lowest BCUT2D eigenvalue weighted by Crippen LogP contribution is -2.39. The van der Waals surface area contributed by atoms with Crippen LogP contribution < -0.4 is 10.6 Å². The number of amides is 2. The van der Waals surface area contributed by atoms with Gasteiger partial charge in [0.1, 0.15) is 11.6 Å². The lowest BCUT2D eigenvalue weighted by atomic mass is 9.98. The lowest BCUT2D eigenvalue weighted by molar-refractivity contribution is -0.120. The Hall–Kier alpha value is -3.54. The normalized spacial score (nSPS) is 11.6. The van der Waals surface area contributed by atoms with E-state index >= 15 is 0 Å². The van der Waals surface area contributed by atoms with E-state index in [0.29, 0.717) is 16.7 Å². The molecule has 1 atom stereocenters. The number of aryl methyl sites for hydroxylation is 2. The van der Waals surface area contributed by atoms with Crippen LogP contribution in [0.1, 0.15) is 38.7 Å². The van der Waals surface area contributed by atoms with Crippen molar-refractivity contribution in [2.45, 2.75) is 26.3 Å². The highest BCUT2D eigenvalue weighted by Crippen LogP contribution is 2.20. The van der Waals surface area contributed by atoms with Gasteiger partial charge in [-0.1, -0.05) is 30.3 Å². The van der Waals surface area contributed by atoms with Gasteiger partial charge in [0.25, 0.3) is 5.91 Å². The molecule has 0 aliphatic heterocycles. The first-order valence-corrected chi connectivity index (χ1v) is 9.96. The highest BCUT2D eigenvalue weighted by Gasteiger charge is 2.17. The van der Waals surface area contributed by atoms with Crippen LogP contribution in [0.3, 0.4) is 0 Å². The van der Waals surface area contributed by atoms with Gasteiger partial charge in [0, 0.05) is 5.56 Å². The zero-order valence-corrected chi connectivity index (χ0v) is 17.4. The first-order valence-electron chi connectivity index (χ1n) is 9.96. The monoisotopic (exact) mass is 422 g/mol. The molecule has 0 aromatic heterocycles. The summed E-state index contributed by atoms with van der Waals surface area (Å²) in [5.41, 5.74) is 3.74. The summed E-state index contributed by atoms with van der Waals surface area (Å²) in [6, 6.07) is 16.7. The molecule has 4 nitrogen and oxygen atoms in total. The van der Waals surface area contributed by atoms with E-state index < -0.39 is 17.8 Å². The second-order valence-electron chi connectivity index (χ2n) is 7.49. The molecule has 0 saturated heterocycles. The van der Waals surface area contributed by atoms with E-state index in [2.05, 4.69) is 10.6 Å². The van der Waals surface area contributed by atoms with Crippen molar-refractivity contribution >= 4 is 11.8 Å². The lowest BCUT2D eigenvalue weighted by Gasteiger charge is -2.20. The Labute approximate surface area is 180 Å². The molecule has 3 aromatic rings. The number of halogens is 2. The molecule has 0 saturated carbocycles. The highest BCUT2D eigenvalue weighted by atomic mass is 19.1. The third-order valence-electron chi connectivity index (χ3n) is 5.09. The maximum absolute atomic E-state index is 13.7. The zero-order chi connectivity index (χ0) is 22.4. The molecule has 0 bridgehead atoms. The van der Waals surface area contributed by atoms with Crippen molar-refractivity contribution in [2.24, 2.45) is 0 Å². The maximum Gasteiger partial charge on any atom is 0.251 e. The van der Waals surface area contributed by atoms with Gasteiger partial charge in [0.15, 0.2) is 0 Å². The molecule has 1 unspecified atom stereocenters. The van der Waals surface area contributed by atoms with E-state index in [-0.39, 0.29) is 24.7 Å². The third-order valence-corrected chi connectivity index (χ3v) is 5.09. The second-order valence-corrected chi connectivity index (χ2v) is 7.49. The second kappa shape index (κ2) is 9.98. The molecule has 160 valence electrons. The summed E-state index contributed by atoms with van der Waals surface area (Å²) in [5, 5.41) is 5.41. The molecule has 0 heterocycles. The van der Waals surface area contributed by atoms with Crippen LogP contribution in [0.4, 0.5) is 8.78 Å². The fraction of sp³-hybridized carbons (Fsp3) is 0.200. The number of carbonyl (C=O) groups excluding carboxylic acids is 2. The van der Waals surface area contributed by atoms with Crippen molar-refractivity contribution in [1.82, 2.24) is 10.6 Å². The quantitative estimate of drug-likeness (QED) is 0.593. The standard InChI is InChI=1S/C25H24F2N2O2/c1-16-9-10-20(11-17(16)2)25(31)28-15-24(30)29-23(19-6-4-8-22(27)14-19)13-18-5-3-7-21(26)12-18/h3-12,14,23H,13,15H2,1-2H3,(H,28,31)(H,29,30). The van der Waals surface area contributed by atoms with E-state index in [1.807, 2.05) is 19.9 Å². The summed E-state index contributed by atoms with van der Waals surface area (Å²) in [6.07, 6.45) is 0.276. The highest BCUT2D eigenvalue weighted by molar-refractivity contribution is 5.96. The Morgan fingerprint density at radius 2 is 1.58 bits per heavy atom. The predicted molar refractivity (Wildman–Crippen MR) is 116 cm³/mol. The van der Waals surface area contributed by atoms with Gasteiger partial charge in [-0.2, -0.15) is 0 Å². The third kappa shape index (κ3) is 6.22. The smallest absolute Gasteiger partial charge is 0.251 e. The van der Waals surface area contributed by atoms with Gasteiger partial charge < -0.3 is 10.6 Å². The summed E-state index contributed by atoms with van der Waals surface area (Å²) >= 11 is 0. The largest absolute Gasteiger partial charge is 0.347 e. The molecular weight excluding hydrogens is 398 g/mol. The number of carbonyl (C=O) groups is 2. The van der Waals surface area contributed by atoms with Crippen LogP contribution in [-0.2, 0) is 11.2 Å². The van der Waals surface area contributed by atoms with Gasteiger partial charge in [-0.25, -0.2) is 8.78 Å². The topological polar surface area (TPSA) is 58.2 Å². The average molecular weight is 422 g/mol. The number of nitrogens with one attached hydrogen (secondary N) is 2. The molecule has 0 fully saturated rings. The summed E-state index contributed by atoms with van der Waals surface area (Å²) in [5.74, 6) is -1.60. The van der Waals surface area contributed by atoms with Gasteiger partial charge in [0.2, 0.25) is 5.91 Å². The van der Waals surface area contributed by atoms with Crippen LogP contribution in [0.25, 0.3) is 0 Å². The molecule has 0 spiro atoms. The molecular formula is C25H24F2N2O2. The Morgan fingerprint density at radius 3 is 2.26 bits per heavy atom. The van der Waals surface area contributed by atoms with Gasteiger partial charge in [0.05, 0.1) is 12.6 Å². The Kier molecular flexibility index (Phi) is 7.13. The Bertz CT molecular complexity index is 1100. The van der Waals surface area contributed by atoms with E-state index in [0.717, 1.165) is 11.1 Å². The molecule has 0 radical (unpaired) electrons. The first kappa shape index (κ1) is 22.2. The van der Waals surface area contributed by atoms with Gasteiger partial charge in [-0.3, -0.25) is 9.59 Å². The van der Waals surface area contributed by atoms with Crippen LogP contribution in [0.5, 0.6) is 0 Å². The maximum atomic E-state index is 13.7. The Balaban J connectivity index is 1.68. The first-order chi connectivity index (χ1) is 14.8.